The van der Waals surface area contributed by atoms with E-state index in [2.05, 4.69) is 28.8 Å². The molecular weight excluding hydrogens is 248 g/mol. The Labute approximate surface area is 118 Å². The molecule has 3 aromatic rings. The summed E-state index contributed by atoms with van der Waals surface area (Å²) in [4.78, 5) is 12.8. The molecule has 0 aliphatic rings. The molecule has 0 saturated carbocycles. The summed E-state index contributed by atoms with van der Waals surface area (Å²) < 4.78 is 0. The smallest absolute Gasteiger partial charge is 0.163 e. The van der Waals surface area contributed by atoms with Crippen LogP contribution in [0.15, 0.2) is 48.8 Å². The van der Waals surface area contributed by atoms with Crippen molar-refractivity contribution in [3.8, 4) is 11.4 Å². The molecular formula is C16H18N4. The summed E-state index contributed by atoms with van der Waals surface area (Å²) in [5, 5.41) is 0.875. The van der Waals surface area contributed by atoms with Gasteiger partial charge in [0.1, 0.15) is 5.82 Å². The van der Waals surface area contributed by atoms with Gasteiger partial charge in [0, 0.05) is 23.3 Å². The standard InChI is InChI=1S/C13H10N4.C3H8/c14-12-10-5-1-2-6-11(10)16-13(17-12)9-4-3-7-15-8-9;1-3-2/h1-8H,(H2,14,16,17);3H2,1-2H3. The van der Waals surface area contributed by atoms with E-state index in [1.165, 1.54) is 6.42 Å². The van der Waals surface area contributed by atoms with Gasteiger partial charge in [-0.25, -0.2) is 9.97 Å². The maximum atomic E-state index is 5.92. The third kappa shape index (κ3) is 3.09. The van der Waals surface area contributed by atoms with E-state index < -0.39 is 0 Å². The predicted octanol–water partition coefficient (Wildman–Crippen LogP) is 3.69. The van der Waals surface area contributed by atoms with Crippen molar-refractivity contribution in [3.05, 3.63) is 48.8 Å². The van der Waals surface area contributed by atoms with Crippen LogP contribution in [0.3, 0.4) is 0 Å². The van der Waals surface area contributed by atoms with Crippen LogP contribution >= 0.6 is 0 Å². The van der Waals surface area contributed by atoms with Crippen LogP contribution in [0.25, 0.3) is 22.3 Å². The van der Waals surface area contributed by atoms with Gasteiger partial charge in [-0.05, 0) is 24.3 Å². The fourth-order valence-corrected chi connectivity index (χ4v) is 1.73. The molecule has 102 valence electrons. The van der Waals surface area contributed by atoms with Gasteiger partial charge in [0.05, 0.1) is 5.52 Å². The van der Waals surface area contributed by atoms with Gasteiger partial charge < -0.3 is 5.73 Å². The van der Waals surface area contributed by atoms with Crippen molar-refractivity contribution >= 4 is 16.7 Å². The molecule has 0 atom stereocenters. The zero-order valence-corrected chi connectivity index (χ0v) is 11.7. The molecule has 20 heavy (non-hydrogen) atoms. The largest absolute Gasteiger partial charge is 0.383 e. The van der Waals surface area contributed by atoms with E-state index in [0.717, 1.165) is 16.5 Å². The van der Waals surface area contributed by atoms with E-state index in [9.17, 15) is 0 Å². The highest BCUT2D eigenvalue weighted by Gasteiger charge is 2.06. The van der Waals surface area contributed by atoms with E-state index in [1.54, 1.807) is 12.4 Å². The molecule has 1 aromatic carbocycles. The van der Waals surface area contributed by atoms with Gasteiger partial charge in [0.25, 0.3) is 0 Å². The molecule has 0 radical (unpaired) electrons. The van der Waals surface area contributed by atoms with Crippen molar-refractivity contribution in [2.75, 3.05) is 5.73 Å². The Morgan fingerprint density at radius 3 is 2.45 bits per heavy atom. The topological polar surface area (TPSA) is 64.7 Å². The second-order valence-electron chi connectivity index (χ2n) is 4.40. The monoisotopic (exact) mass is 266 g/mol. The Hall–Kier alpha value is -2.49. The molecule has 0 saturated heterocycles. The normalized spacial score (nSPS) is 9.90. The van der Waals surface area contributed by atoms with Crippen molar-refractivity contribution in [2.45, 2.75) is 20.3 Å². The number of hydrogen-bond donors (Lipinski definition) is 1. The van der Waals surface area contributed by atoms with Crippen LogP contribution in [0.5, 0.6) is 0 Å². The zero-order valence-electron chi connectivity index (χ0n) is 11.7. The molecule has 0 unspecified atom stereocenters. The number of nitrogens with two attached hydrogens (primary N) is 1. The molecule has 0 aliphatic carbocycles. The van der Waals surface area contributed by atoms with Gasteiger partial charge >= 0.3 is 0 Å². The minimum atomic E-state index is 0.495. The number of rotatable bonds is 1. The average Bonchev–Trinajstić information content (AvgIpc) is 2.49. The first-order valence-corrected chi connectivity index (χ1v) is 6.69. The molecule has 0 amide bonds. The highest BCUT2D eigenvalue weighted by molar-refractivity contribution is 5.89. The van der Waals surface area contributed by atoms with Crippen molar-refractivity contribution in [3.63, 3.8) is 0 Å². The van der Waals surface area contributed by atoms with Gasteiger partial charge in [0.2, 0.25) is 0 Å². The van der Waals surface area contributed by atoms with Gasteiger partial charge in [-0.2, -0.15) is 0 Å². The van der Waals surface area contributed by atoms with E-state index in [-0.39, 0.29) is 0 Å². The fraction of sp³-hybridized carbons (Fsp3) is 0.188. The summed E-state index contributed by atoms with van der Waals surface area (Å²) in [5.74, 6) is 1.10. The lowest BCUT2D eigenvalue weighted by molar-refractivity contribution is 1.09. The summed E-state index contributed by atoms with van der Waals surface area (Å²) in [6, 6.07) is 11.5. The second kappa shape index (κ2) is 6.61. The zero-order chi connectivity index (χ0) is 14.4. The number of hydrogen-bond acceptors (Lipinski definition) is 4. The quantitative estimate of drug-likeness (QED) is 0.729. The number of pyridine rings is 1. The lowest BCUT2D eigenvalue weighted by atomic mass is 10.2. The maximum Gasteiger partial charge on any atom is 0.163 e. The number of nitrogen functional groups attached to an aromatic ring is 1. The molecule has 4 nitrogen and oxygen atoms in total. The number of aromatic nitrogens is 3. The molecule has 3 rings (SSSR count). The lowest BCUT2D eigenvalue weighted by Gasteiger charge is -2.04. The Balaban J connectivity index is 0.000000452. The number of anilines is 1. The summed E-state index contributed by atoms with van der Waals surface area (Å²) in [7, 11) is 0. The van der Waals surface area contributed by atoms with Crippen LogP contribution in [0.1, 0.15) is 20.3 Å². The lowest BCUT2D eigenvalue weighted by Crippen LogP contribution is -1.97. The molecule has 2 heterocycles. The first-order valence-electron chi connectivity index (χ1n) is 6.69. The number of benzene rings is 1. The minimum Gasteiger partial charge on any atom is -0.383 e. The third-order valence-corrected chi connectivity index (χ3v) is 2.55. The van der Waals surface area contributed by atoms with E-state index in [4.69, 9.17) is 5.73 Å². The van der Waals surface area contributed by atoms with Crippen LogP contribution in [0.4, 0.5) is 5.82 Å². The Bertz CT molecular complexity index is 680. The molecule has 0 aliphatic heterocycles. The van der Waals surface area contributed by atoms with Crippen molar-refractivity contribution in [1.29, 1.82) is 0 Å². The number of para-hydroxylation sites is 1. The summed E-state index contributed by atoms with van der Waals surface area (Å²) in [6.45, 7) is 4.25. The Morgan fingerprint density at radius 1 is 1.00 bits per heavy atom. The van der Waals surface area contributed by atoms with Gasteiger partial charge in [-0.1, -0.05) is 32.4 Å². The average molecular weight is 266 g/mol. The van der Waals surface area contributed by atoms with E-state index in [0.29, 0.717) is 11.6 Å². The van der Waals surface area contributed by atoms with Crippen LogP contribution < -0.4 is 5.73 Å². The molecule has 4 heteroatoms. The second-order valence-corrected chi connectivity index (χ2v) is 4.40. The van der Waals surface area contributed by atoms with Gasteiger partial charge in [0.15, 0.2) is 5.82 Å². The Morgan fingerprint density at radius 2 is 1.75 bits per heavy atom. The number of fused-ring (bicyclic) bond motifs is 1. The molecule has 0 bridgehead atoms. The maximum absolute atomic E-state index is 5.92. The van der Waals surface area contributed by atoms with Crippen molar-refractivity contribution in [2.24, 2.45) is 0 Å². The third-order valence-electron chi connectivity index (χ3n) is 2.55. The Kier molecular flexibility index (Phi) is 4.60. The van der Waals surface area contributed by atoms with Crippen molar-refractivity contribution in [1.82, 2.24) is 15.0 Å². The molecule has 2 aromatic heterocycles. The minimum absolute atomic E-state index is 0.495. The molecule has 2 N–H and O–H groups in total. The fourth-order valence-electron chi connectivity index (χ4n) is 1.73. The SMILES string of the molecule is CCC.Nc1nc(-c2cccnc2)nc2ccccc12. The van der Waals surface area contributed by atoms with Gasteiger partial charge in [-0.3, -0.25) is 4.98 Å². The summed E-state index contributed by atoms with van der Waals surface area (Å²) >= 11 is 0. The first kappa shape index (κ1) is 13.9. The van der Waals surface area contributed by atoms with Crippen molar-refractivity contribution < 1.29 is 0 Å². The molecule has 0 spiro atoms. The summed E-state index contributed by atoms with van der Waals surface area (Å²) in [6.07, 6.45) is 4.69. The number of nitrogens with zero attached hydrogens (tertiary/aromatic N) is 3. The highest BCUT2D eigenvalue weighted by Crippen LogP contribution is 2.21. The van der Waals surface area contributed by atoms with Crippen LogP contribution in [0.2, 0.25) is 0 Å². The van der Waals surface area contributed by atoms with Crippen LogP contribution in [-0.2, 0) is 0 Å². The molecule has 0 fully saturated rings. The van der Waals surface area contributed by atoms with E-state index in [1.807, 2.05) is 36.4 Å². The van der Waals surface area contributed by atoms with Crippen LogP contribution in [0, 0.1) is 0 Å². The predicted molar refractivity (Wildman–Crippen MR) is 83.1 cm³/mol. The summed E-state index contributed by atoms with van der Waals surface area (Å²) in [5.41, 5.74) is 7.63. The van der Waals surface area contributed by atoms with Crippen LogP contribution in [-0.4, -0.2) is 15.0 Å². The van der Waals surface area contributed by atoms with E-state index >= 15 is 0 Å². The van der Waals surface area contributed by atoms with Gasteiger partial charge in [-0.15, -0.1) is 0 Å². The highest BCUT2D eigenvalue weighted by atomic mass is 14.9. The first-order chi connectivity index (χ1) is 9.76.